The number of unbranched alkanes of at least 4 members (excludes halogenated alkanes) is 5. The molecule has 0 N–H and O–H groups in total. The Morgan fingerprint density at radius 2 is 1.31 bits per heavy atom. The number of hydrogen-bond donors (Lipinski definition) is 0. The summed E-state index contributed by atoms with van der Waals surface area (Å²) in [5.41, 5.74) is 0. The Balaban J connectivity index is 3.03. The van der Waals surface area contributed by atoms with Gasteiger partial charge in [0.2, 0.25) is 0 Å². The summed E-state index contributed by atoms with van der Waals surface area (Å²) in [7, 11) is 0. The van der Waals surface area contributed by atoms with Crippen LogP contribution in [0.15, 0.2) is 0 Å². The normalized spacial score (nSPS) is 13.2. The molecule has 0 aromatic rings. The van der Waals surface area contributed by atoms with Crippen molar-refractivity contribution < 1.29 is 18.3 Å². The van der Waals surface area contributed by atoms with E-state index in [0.29, 0.717) is 0 Å². The molecule has 1 unspecified atom stereocenters. The summed E-state index contributed by atoms with van der Waals surface area (Å²) >= 11 is 1.52. The van der Waals surface area contributed by atoms with Crippen LogP contribution in [-0.2, 0) is 18.3 Å². The minimum atomic E-state index is 1.10. The zero-order valence-electron chi connectivity index (χ0n) is 9.65. The van der Waals surface area contributed by atoms with Crippen molar-refractivity contribution in [2.24, 2.45) is 0 Å². The Hall–Kier alpha value is 0.623. The molecule has 0 saturated heterocycles. The van der Waals surface area contributed by atoms with Gasteiger partial charge in [0, 0.05) is 0 Å². The molecule has 0 rings (SSSR count). The molecule has 0 heterocycles. The molecule has 0 bridgehead atoms. The summed E-state index contributed by atoms with van der Waals surface area (Å²) < 4.78 is 1.10. The first kappa shape index (κ1) is 13.6. The fourth-order valence-electron chi connectivity index (χ4n) is 1.67. The summed E-state index contributed by atoms with van der Waals surface area (Å²) in [6, 6.07) is 0. The molecule has 0 aliphatic rings. The molecule has 0 aliphatic carbocycles. The Bertz CT molecular complexity index is 91.1. The van der Waals surface area contributed by atoms with Crippen LogP contribution in [0.2, 0.25) is 4.51 Å². The van der Waals surface area contributed by atoms with Gasteiger partial charge in [-0.2, -0.15) is 0 Å². The van der Waals surface area contributed by atoms with Crippen LogP contribution in [0.25, 0.3) is 0 Å². The van der Waals surface area contributed by atoms with Crippen LogP contribution in [0.5, 0.6) is 0 Å². The Morgan fingerprint density at radius 1 is 0.769 bits per heavy atom. The van der Waals surface area contributed by atoms with E-state index in [1.54, 1.807) is 0 Å². The molecule has 1 heteroatoms. The minimum absolute atomic E-state index is 1.10. The van der Waals surface area contributed by atoms with Crippen LogP contribution in [0.3, 0.4) is 0 Å². The molecule has 0 aromatic carbocycles. The molecular formula is C12H25Zn. The van der Waals surface area contributed by atoms with Crippen molar-refractivity contribution in [2.75, 3.05) is 0 Å². The SMILES string of the molecule is CCCCCCC[CH]([Zn])CCCC. The Labute approximate surface area is 94.6 Å². The molecule has 0 aliphatic heterocycles. The molecule has 0 aromatic heterocycles. The summed E-state index contributed by atoms with van der Waals surface area (Å²) in [6.07, 6.45) is 13.1. The zero-order valence-corrected chi connectivity index (χ0v) is 12.6. The van der Waals surface area contributed by atoms with Crippen molar-refractivity contribution in [1.29, 1.82) is 0 Å². The first-order chi connectivity index (χ1) is 6.31. The molecule has 0 saturated carbocycles. The van der Waals surface area contributed by atoms with Gasteiger partial charge in [-0.05, 0) is 0 Å². The molecule has 0 fully saturated rings. The van der Waals surface area contributed by atoms with Crippen molar-refractivity contribution >= 4 is 0 Å². The van der Waals surface area contributed by atoms with E-state index in [1.165, 1.54) is 76.1 Å². The van der Waals surface area contributed by atoms with E-state index in [0.717, 1.165) is 4.51 Å². The van der Waals surface area contributed by atoms with E-state index >= 15 is 0 Å². The molecule has 0 spiro atoms. The molecule has 1 atom stereocenters. The van der Waals surface area contributed by atoms with Crippen LogP contribution < -0.4 is 0 Å². The van der Waals surface area contributed by atoms with Gasteiger partial charge in [0.1, 0.15) is 0 Å². The van der Waals surface area contributed by atoms with Gasteiger partial charge >= 0.3 is 94.4 Å². The van der Waals surface area contributed by atoms with Gasteiger partial charge in [-0.3, -0.25) is 0 Å². The van der Waals surface area contributed by atoms with Crippen molar-refractivity contribution in [2.45, 2.75) is 76.1 Å². The van der Waals surface area contributed by atoms with Crippen molar-refractivity contribution in [3.05, 3.63) is 0 Å². The predicted octanol–water partition coefficient (Wildman–Crippen LogP) is 4.87. The van der Waals surface area contributed by atoms with Crippen molar-refractivity contribution in [3.8, 4) is 0 Å². The first-order valence-electron chi connectivity index (χ1n) is 6.14. The van der Waals surface area contributed by atoms with Crippen molar-refractivity contribution in [1.82, 2.24) is 0 Å². The van der Waals surface area contributed by atoms with Gasteiger partial charge in [-0.1, -0.05) is 0 Å². The number of hydrogen-bond acceptors (Lipinski definition) is 0. The van der Waals surface area contributed by atoms with E-state index in [-0.39, 0.29) is 0 Å². The quantitative estimate of drug-likeness (QED) is 0.394. The predicted molar refractivity (Wildman–Crippen MR) is 56.7 cm³/mol. The van der Waals surface area contributed by atoms with Gasteiger partial charge in [0.15, 0.2) is 0 Å². The summed E-state index contributed by atoms with van der Waals surface area (Å²) in [6.45, 7) is 4.59. The number of rotatable bonds is 9. The third kappa shape index (κ3) is 10.5. The van der Waals surface area contributed by atoms with E-state index in [4.69, 9.17) is 0 Å². The molecule has 13 heavy (non-hydrogen) atoms. The fraction of sp³-hybridized carbons (Fsp3) is 1.00. The standard InChI is InChI=1S/C12H25.Zn/c1-3-5-7-9-11-12-10-8-6-4-2;/h9H,3-8,10-12H2,1-2H3;. The third-order valence-corrected chi connectivity index (χ3v) is 4.39. The van der Waals surface area contributed by atoms with Gasteiger partial charge in [0.25, 0.3) is 0 Å². The molecular weight excluding hydrogens is 210 g/mol. The monoisotopic (exact) mass is 233 g/mol. The van der Waals surface area contributed by atoms with Crippen LogP contribution in [0.1, 0.15) is 71.6 Å². The van der Waals surface area contributed by atoms with E-state index in [2.05, 4.69) is 13.8 Å². The van der Waals surface area contributed by atoms with Gasteiger partial charge in [-0.25, -0.2) is 0 Å². The summed E-state index contributed by atoms with van der Waals surface area (Å²) in [5.74, 6) is 0. The second-order valence-electron chi connectivity index (χ2n) is 4.21. The van der Waals surface area contributed by atoms with E-state index in [9.17, 15) is 0 Å². The fourth-order valence-corrected chi connectivity index (χ4v) is 2.89. The van der Waals surface area contributed by atoms with E-state index < -0.39 is 0 Å². The van der Waals surface area contributed by atoms with Crippen LogP contribution in [0.4, 0.5) is 0 Å². The zero-order chi connectivity index (χ0) is 9.94. The summed E-state index contributed by atoms with van der Waals surface area (Å²) in [4.78, 5) is 0. The van der Waals surface area contributed by atoms with E-state index in [1.807, 2.05) is 0 Å². The average molecular weight is 235 g/mol. The molecule has 0 nitrogen and oxygen atoms in total. The Kier molecular flexibility index (Phi) is 11.2. The van der Waals surface area contributed by atoms with Gasteiger partial charge in [-0.15, -0.1) is 0 Å². The van der Waals surface area contributed by atoms with Crippen LogP contribution >= 0.6 is 0 Å². The van der Waals surface area contributed by atoms with Crippen LogP contribution in [-0.4, -0.2) is 0 Å². The second-order valence-corrected chi connectivity index (χ2v) is 6.63. The maximum absolute atomic E-state index is 2.30. The van der Waals surface area contributed by atoms with Crippen LogP contribution in [0, 0.1) is 0 Å². The maximum atomic E-state index is 2.30. The topological polar surface area (TPSA) is 0 Å². The second kappa shape index (κ2) is 10.7. The molecule has 75 valence electrons. The van der Waals surface area contributed by atoms with Gasteiger partial charge < -0.3 is 0 Å². The first-order valence-corrected chi connectivity index (χ1v) is 7.85. The molecule has 0 radical (unpaired) electrons. The third-order valence-electron chi connectivity index (χ3n) is 2.68. The Morgan fingerprint density at radius 3 is 1.92 bits per heavy atom. The molecule has 0 amide bonds. The summed E-state index contributed by atoms with van der Waals surface area (Å²) in [5, 5.41) is 0. The average Bonchev–Trinajstić information content (AvgIpc) is 2.14. The van der Waals surface area contributed by atoms with Gasteiger partial charge in [0.05, 0.1) is 0 Å². The van der Waals surface area contributed by atoms with Crippen molar-refractivity contribution in [3.63, 3.8) is 0 Å².